The molecule has 3 nitrogen and oxygen atoms in total. The summed E-state index contributed by atoms with van der Waals surface area (Å²) in [6.07, 6.45) is 0.944. The molecule has 5 rings (SSSR count). The number of nitrogens with one attached hydrogen (secondary N) is 1. The molecule has 0 saturated carbocycles. The first-order valence-electron chi connectivity index (χ1n) is 9.07. The summed E-state index contributed by atoms with van der Waals surface area (Å²) in [6, 6.07) is 21.8. The zero-order valence-electron chi connectivity index (χ0n) is 14.5. The van der Waals surface area contributed by atoms with Crippen molar-refractivity contribution >= 4 is 23.3 Å². The number of carbonyl (C=O) groups excluding carboxylic acids is 1. The number of fused-ring (bicyclic) bond motifs is 5. The molecule has 0 fully saturated rings. The first-order chi connectivity index (χ1) is 13.1. The lowest BCUT2D eigenvalue weighted by Crippen LogP contribution is -2.31. The predicted octanol–water partition coefficient (Wildman–Crippen LogP) is 4.17. The summed E-state index contributed by atoms with van der Waals surface area (Å²) in [6.45, 7) is 0. The number of hydrogen-bond donors (Lipinski definition) is 1. The highest BCUT2D eigenvalue weighted by Gasteiger charge is 2.43. The van der Waals surface area contributed by atoms with Crippen LogP contribution in [0.3, 0.4) is 0 Å². The van der Waals surface area contributed by atoms with E-state index in [9.17, 15) is 9.90 Å². The second-order valence-electron chi connectivity index (χ2n) is 7.31. The van der Waals surface area contributed by atoms with Gasteiger partial charge < -0.3 is 15.2 Å². The summed E-state index contributed by atoms with van der Waals surface area (Å²) >= 11 is 6.25. The third-order valence-corrected chi connectivity index (χ3v) is 6.08. The molecule has 0 bridgehead atoms. The van der Waals surface area contributed by atoms with Crippen molar-refractivity contribution in [1.82, 2.24) is 0 Å². The summed E-state index contributed by atoms with van der Waals surface area (Å²) in [7, 11) is 0. The fraction of sp³-hybridized carbons (Fsp3) is 0.174. The Morgan fingerprint density at radius 1 is 1.00 bits per heavy atom. The number of carbonyl (C=O) groups is 1. The van der Waals surface area contributed by atoms with Gasteiger partial charge in [0.15, 0.2) is 0 Å². The van der Waals surface area contributed by atoms with E-state index in [1.54, 1.807) is 12.1 Å². The number of carboxylic acid groups (broad SMARTS) is 1. The summed E-state index contributed by atoms with van der Waals surface area (Å²) < 4.78 is 0. The third-order valence-electron chi connectivity index (χ3n) is 5.84. The van der Waals surface area contributed by atoms with Gasteiger partial charge in [-0.05, 0) is 64.4 Å². The molecule has 0 unspecified atom stereocenters. The maximum atomic E-state index is 11.4. The predicted molar refractivity (Wildman–Crippen MR) is 104 cm³/mol. The quantitative estimate of drug-likeness (QED) is 0.732. The Morgan fingerprint density at radius 2 is 1.85 bits per heavy atom. The van der Waals surface area contributed by atoms with Crippen LogP contribution in [0.2, 0.25) is 5.02 Å². The molecule has 134 valence electrons. The van der Waals surface area contributed by atoms with Crippen LogP contribution in [-0.4, -0.2) is 5.97 Å². The van der Waals surface area contributed by atoms with E-state index in [1.807, 2.05) is 24.3 Å². The van der Waals surface area contributed by atoms with Gasteiger partial charge in [-0.15, -0.1) is 0 Å². The molecule has 1 N–H and O–H groups in total. The molecule has 0 spiro atoms. The van der Waals surface area contributed by atoms with Gasteiger partial charge in [-0.25, -0.2) is 0 Å². The topological polar surface area (TPSA) is 52.2 Å². The number of hydrogen-bond acceptors (Lipinski definition) is 3. The monoisotopic (exact) mass is 374 g/mol. The number of rotatable bonds is 2. The number of anilines is 1. The molecule has 1 aliphatic carbocycles. The van der Waals surface area contributed by atoms with Crippen LogP contribution < -0.4 is 10.4 Å². The van der Waals surface area contributed by atoms with Crippen LogP contribution in [0.5, 0.6) is 0 Å². The van der Waals surface area contributed by atoms with Gasteiger partial charge in [0.1, 0.15) is 0 Å². The lowest BCUT2D eigenvalue weighted by atomic mass is 9.75. The van der Waals surface area contributed by atoms with Crippen molar-refractivity contribution < 1.29 is 9.90 Å². The standard InChI is InChI=1S/C23H18ClNO2/c24-16-6-3-5-14(10-16)22-19-11-13-4-1-2-7-17(13)21(19)18-12-15(23(26)27)8-9-20(18)25-22/h1-10,12,19,21-22,25H,11H2,(H,26,27)/p-1/t19-,21+,22+/m0/s1. The van der Waals surface area contributed by atoms with Crippen LogP contribution >= 0.6 is 11.6 Å². The molecular weight excluding hydrogens is 358 g/mol. The van der Waals surface area contributed by atoms with Crippen molar-refractivity contribution in [2.45, 2.75) is 18.4 Å². The molecule has 1 heterocycles. The Labute approximate surface area is 162 Å². The van der Waals surface area contributed by atoms with Gasteiger partial charge in [-0.2, -0.15) is 0 Å². The van der Waals surface area contributed by atoms with Crippen LogP contribution in [0, 0.1) is 5.92 Å². The van der Waals surface area contributed by atoms with E-state index >= 15 is 0 Å². The van der Waals surface area contributed by atoms with Crippen molar-refractivity contribution in [1.29, 1.82) is 0 Å². The first kappa shape index (κ1) is 16.4. The van der Waals surface area contributed by atoms with Gasteiger partial charge in [0, 0.05) is 16.6 Å². The van der Waals surface area contributed by atoms with Crippen LogP contribution in [0.15, 0.2) is 66.7 Å². The normalized spacial score (nSPS) is 22.3. The molecule has 0 aromatic heterocycles. The number of aromatic carboxylic acids is 1. The van der Waals surface area contributed by atoms with Gasteiger partial charge in [0.05, 0.1) is 12.0 Å². The molecule has 4 heteroatoms. The molecule has 0 radical (unpaired) electrons. The molecule has 27 heavy (non-hydrogen) atoms. The first-order valence-corrected chi connectivity index (χ1v) is 9.45. The van der Waals surface area contributed by atoms with Crippen molar-refractivity contribution in [2.24, 2.45) is 5.92 Å². The minimum atomic E-state index is -1.14. The van der Waals surface area contributed by atoms with E-state index < -0.39 is 5.97 Å². The zero-order valence-corrected chi connectivity index (χ0v) is 15.2. The summed E-state index contributed by atoms with van der Waals surface area (Å²) in [5.74, 6) is -0.691. The van der Waals surface area contributed by atoms with Crippen molar-refractivity contribution in [3.8, 4) is 0 Å². The van der Waals surface area contributed by atoms with Crippen molar-refractivity contribution in [3.05, 3.63) is 99.6 Å². The smallest absolute Gasteiger partial charge is 0.0715 e. The molecule has 3 aromatic carbocycles. The van der Waals surface area contributed by atoms with Crippen molar-refractivity contribution in [3.63, 3.8) is 0 Å². The number of carboxylic acids is 1. The van der Waals surface area contributed by atoms with Gasteiger partial charge in [-0.1, -0.05) is 54.1 Å². The van der Waals surface area contributed by atoms with Crippen LogP contribution in [0.4, 0.5) is 5.69 Å². The Hall–Kier alpha value is -2.78. The molecule has 3 aromatic rings. The highest BCUT2D eigenvalue weighted by atomic mass is 35.5. The van der Waals surface area contributed by atoms with Crippen LogP contribution in [-0.2, 0) is 6.42 Å². The highest BCUT2D eigenvalue weighted by molar-refractivity contribution is 6.30. The lowest BCUT2D eigenvalue weighted by Gasteiger charge is -2.38. The third kappa shape index (κ3) is 2.62. The van der Waals surface area contributed by atoms with Crippen molar-refractivity contribution in [2.75, 3.05) is 5.32 Å². The van der Waals surface area contributed by atoms with E-state index in [0.29, 0.717) is 5.92 Å². The lowest BCUT2D eigenvalue weighted by molar-refractivity contribution is -0.255. The van der Waals surface area contributed by atoms with Crippen LogP contribution in [0.1, 0.15) is 44.6 Å². The summed E-state index contributed by atoms with van der Waals surface area (Å²) in [5, 5.41) is 15.8. The maximum Gasteiger partial charge on any atom is 0.0715 e. The Balaban J connectivity index is 1.69. The second kappa shape index (κ2) is 6.14. The average molecular weight is 375 g/mol. The minimum absolute atomic E-state index is 0.113. The molecular formula is C23H17ClNO2-. The number of halogens is 1. The van der Waals surface area contributed by atoms with Gasteiger partial charge in [-0.3, -0.25) is 0 Å². The Bertz CT molecular complexity index is 1060. The van der Waals surface area contributed by atoms with Gasteiger partial charge >= 0.3 is 0 Å². The fourth-order valence-corrected chi connectivity index (χ4v) is 4.92. The van der Waals surface area contributed by atoms with Gasteiger partial charge in [0.2, 0.25) is 0 Å². The fourth-order valence-electron chi connectivity index (χ4n) is 4.72. The average Bonchev–Trinajstić information content (AvgIpc) is 3.06. The molecule has 3 atom stereocenters. The Morgan fingerprint density at radius 3 is 2.67 bits per heavy atom. The zero-order chi connectivity index (χ0) is 18.5. The highest BCUT2D eigenvalue weighted by Crippen LogP contribution is 2.53. The second-order valence-corrected chi connectivity index (χ2v) is 7.75. The SMILES string of the molecule is O=C([O-])c1ccc2c(c1)[C@H]1c3ccccc3C[C@@H]1[C@@H](c1cccc(Cl)c1)N2. The van der Waals surface area contributed by atoms with E-state index in [0.717, 1.165) is 28.3 Å². The maximum absolute atomic E-state index is 11.4. The van der Waals surface area contributed by atoms with Gasteiger partial charge in [0.25, 0.3) is 0 Å². The summed E-state index contributed by atoms with van der Waals surface area (Å²) in [4.78, 5) is 11.4. The molecule has 0 saturated heterocycles. The largest absolute Gasteiger partial charge is 0.545 e. The Kier molecular flexibility index (Phi) is 3.73. The van der Waals surface area contributed by atoms with E-state index in [1.165, 1.54) is 11.1 Å². The molecule has 2 aliphatic rings. The van der Waals surface area contributed by atoms with E-state index in [2.05, 4.69) is 35.6 Å². The van der Waals surface area contributed by atoms with E-state index in [-0.39, 0.29) is 17.5 Å². The number of benzene rings is 3. The molecule has 1 aliphatic heterocycles. The van der Waals surface area contributed by atoms with E-state index in [4.69, 9.17) is 11.6 Å². The molecule has 0 amide bonds. The minimum Gasteiger partial charge on any atom is -0.545 e. The van der Waals surface area contributed by atoms with Crippen LogP contribution in [0.25, 0.3) is 0 Å². The summed E-state index contributed by atoms with van der Waals surface area (Å²) in [5.41, 5.74) is 5.99.